The molecule has 0 heterocycles. The van der Waals surface area contributed by atoms with Crippen molar-refractivity contribution >= 4 is 0 Å². The molecule has 0 amide bonds. The van der Waals surface area contributed by atoms with Gasteiger partial charge in [0.15, 0.2) is 0 Å². The van der Waals surface area contributed by atoms with Crippen LogP contribution in [-0.4, -0.2) is 5.26 Å². The SMILES string of the molecule is C=C(C[C@@H](C#N)CC(C)C)OO. The van der Waals surface area contributed by atoms with Crippen LogP contribution in [-0.2, 0) is 4.89 Å². The highest BCUT2D eigenvalue weighted by Gasteiger charge is 2.12. The quantitative estimate of drug-likeness (QED) is 0.391. The van der Waals surface area contributed by atoms with Crippen molar-refractivity contribution in [2.45, 2.75) is 26.7 Å². The van der Waals surface area contributed by atoms with Gasteiger partial charge in [0.05, 0.1) is 12.0 Å². The predicted molar refractivity (Wildman–Crippen MR) is 46.0 cm³/mol. The molecule has 0 aromatic carbocycles. The first kappa shape index (κ1) is 11.0. The molecule has 0 aliphatic carbocycles. The molecule has 1 N–H and O–H groups in total. The molecule has 0 aliphatic rings. The molecule has 12 heavy (non-hydrogen) atoms. The molecule has 0 fully saturated rings. The third-order valence-corrected chi connectivity index (χ3v) is 1.54. The smallest absolute Gasteiger partial charge is 0.136 e. The van der Waals surface area contributed by atoms with Gasteiger partial charge in [-0.15, -0.1) is 0 Å². The molecule has 0 bridgehead atoms. The second-order valence-corrected chi connectivity index (χ2v) is 3.29. The topological polar surface area (TPSA) is 53.2 Å². The Hall–Kier alpha value is -1.01. The Balaban J connectivity index is 3.85. The van der Waals surface area contributed by atoms with Gasteiger partial charge < -0.3 is 4.89 Å². The van der Waals surface area contributed by atoms with Crippen LogP contribution in [0.3, 0.4) is 0 Å². The molecule has 1 atom stereocenters. The Morgan fingerprint density at radius 3 is 2.58 bits per heavy atom. The van der Waals surface area contributed by atoms with Gasteiger partial charge in [-0.1, -0.05) is 20.4 Å². The zero-order valence-electron chi connectivity index (χ0n) is 7.58. The van der Waals surface area contributed by atoms with Crippen molar-refractivity contribution < 1.29 is 10.1 Å². The van der Waals surface area contributed by atoms with Crippen LogP contribution in [0.5, 0.6) is 0 Å². The number of allylic oxidation sites excluding steroid dienone is 1. The molecule has 3 heteroatoms. The molecule has 0 saturated carbocycles. The lowest BCUT2D eigenvalue weighted by molar-refractivity contribution is -0.206. The Labute approximate surface area is 73.2 Å². The molecule has 0 rings (SSSR count). The zero-order valence-corrected chi connectivity index (χ0v) is 7.58. The number of hydrogen-bond acceptors (Lipinski definition) is 3. The highest BCUT2D eigenvalue weighted by Crippen LogP contribution is 2.18. The Bertz CT molecular complexity index is 181. The van der Waals surface area contributed by atoms with Crippen LogP contribution in [0.15, 0.2) is 12.3 Å². The van der Waals surface area contributed by atoms with E-state index in [9.17, 15) is 0 Å². The van der Waals surface area contributed by atoms with E-state index in [0.29, 0.717) is 12.3 Å². The largest absolute Gasteiger partial charge is 0.345 e. The maximum absolute atomic E-state index is 8.69. The van der Waals surface area contributed by atoms with E-state index in [1.165, 1.54) is 0 Å². The Morgan fingerprint density at radius 1 is 1.67 bits per heavy atom. The second kappa shape index (κ2) is 5.62. The van der Waals surface area contributed by atoms with Gasteiger partial charge in [0, 0.05) is 6.42 Å². The molecule has 0 aliphatic heterocycles. The highest BCUT2D eigenvalue weighted by atomic mass is 17.1. The molecule has 0 radical (unpaired) electrons. The summed E-state index contributed by atoms with van der Waals surface area (Å²) in [4.78, 5) is 3.92. The van der Waals surface area contributed by atoms with Gasteiger partial charge >= 0.3 is 0 Å². The van der Waals surface area contributed by atoms with Crippen molar-refractivity contribution in [2.75, 3.05) is 0 Å². The second-order valence-electron chi connectivity index (χ2n) is 3.29. The molecule has 0 unspecified atom stereocenters. The summed E-state index contributed by atoms with van der Waals surface area (Å²) in [7, 11) is 0. The van der Waals surface area contributed by atoms with Crippen LogP contribution >= 0.6 is 0 Å². The molecule has 0 spiro atoms. The van der Waals surface area contributed by atoms with Crippen LogP contribution in [0, 0.1) is 23.2 Å². The summed E-state index contributed by atoms with van der Waals surface area (Å²) in [5.41, 5.74) is 0. The van der Waals surface area contributed by atoms with Crippen LogP contribution in [0.1, 0.15) is 26.7 Å². The van der Waals surface area contributed by atoms with Crippen molar-refractivity contribution in [3.63, 3.8) is 0 Å². The standard InChI is InChI=1S/C9H15NO2/c1-7(2)4-9(6-10)5-8(3)12-11/h7,9,11H,3-5H2,1-2H3/t9-/m0/s1. The zero-order chi connectivity index (χ0) is 9.56. The van der Waals surface area contributed by atoms with Gasteiger partial charge in [-0.2, -0.15) is 5.26 Å². The first-order valence-corrected chi connectivity index (χ1v) is 3.99. The minimum absolute atomic E-state index is 0.107. The van der Waals surface area contributed by atoms with Crippen molar-refractivity contribution in [2.24, 2.45) is 11.8 Å². The maximum Gasteiger partial charge on any atom is 0.136 e. The molecule has 0 aromatic heterocycles. The number of rotatable bonds is 5. The van der Waals surface area contributed by atoms with Gasteiger partial charge in [-0.3, -0.25) is 0 Å². The minimum atomic E-state index is -0.107. The van der Waals surface area contributed by atoms with Crippen LogP contribution in [0.2, 0.25) is 0 Å². The summed E-state index contributed by atoms with van der Waals surface area (Å²) in [6, 6.07) is 2.15. The molecule has 0 saturated heterocycles. The third kappa shape index (κ3) is 4.75. The van der Waals surface area contributed by atoms with Gasteiger partial charge in [-0.05, 0) is 12.3 Å². The van der Waals surface area contributed by atoms with E-state index in [1.807, 2.05) is 13.8 Å². The van der Waals surface area contributed by atoms with E-state index >= 15 is 0 Å². The van der Waals surface area contributed by atoms with E-state index in [4.69, 9.17) is 10.5 Å². The van der Waals surface area contributed by atoms with Crippen molar-refractivity contribution in [3.8, 4) is 6.07 Å². The van der Waals surface area contributed by atoms with Crippen LogP contribution in [0.4, 0.5) is 0 Å². The molecular weight excluding hydrogens is 154 g/mol. The predicted octanol–water partition coefficient (Wildman–Crippen LogP) is 2.57. The van der Waals surface area contributed by atoms with Crippen LogP contribution < -0.4 is 0 Å². The molecule has 0 aromatic rings. The third-order valence-electron chi connectivity index (χ3n) is 1.54. The van der Waals surface area contributed by atoms with Crippen molar-refractivity contribution in [1.82, 2.24) is 0 Å². The summed E-state index contributed by atoms with van der Waals surface area (Å²) in [5, 5.41) is 16.9. The number of nitriles is 1. The van der Waals surface area contributed by atoms with E-state index in [2.05, 4.69) is 17.5 Å². The van der Waals surface area contributed by atoms with E-state index in [1.54, 1.807) is 0 Å². The lowest BCUT2D eigenvalue weighted by atomic mass is 9.95. The summed E-state index contributed by atoms with van der Waals surface area (Å²) < 4.78 is 0. The Morgan fingerprint density at radius 2 is 2.25 bits per heavy atom. The van der Waals surface area contributed by atoms with Crippen molar-refractivity contribution in [1.29, 1.82) is 5.26 Å². The monoisotopic (exact) mass is 169 g/mol. The summed E-state index contributed by atoms with van der Waals surface area (Å²) in [6.07, 6.45) is 1.21. The van der Waals surface area contributed by atoms with Crippen molar-refractivity contribution in [3.05, 3.63) is 12.3 Å². The highest BCUT2D eigenvalue weighted by molar-refractivity contribution is 4.93. The van der Waals surface area contributed by atoms with E-state index in [-0.39, 0.29) is 11.7 Å². The lowest BCUT2D eigenvalue weighted by Gasteiger charge is -2.10. The maximum atomic E-state index is 8.69. The average Bonchev–Trinajstić information content (AvgIpc) is 2.02. The normalized spacial score (nSPS) is 12.2. The fraction of sp³-hybridized carbons (Fsp3) is 0.667. The van der Waals surface area contributed by atoms with Crippen LogP contribution in [0.25, 0.3) is 0 Å². The van der Waals surface area contributed by atoms with Gasteiger partial charge in [-0.25, -0.2) is 5.26 Å². The summed E-state index contributed by atoms with van der Waals surface area (Å²) in [5.74, 6) is 0.619. The van der Waals surface area contributed by atoms with Gasteiger partial charge in [0.25, 0.3) is 0 Å². The minimum Gasteiger partial charge on any atom is -0.345 e. The lowest BCUT2D eigenvalue weighted by Crippen LogP contribution is -2.03. The number of hydrogen-bond donors (Lipinski definition) is 1. The fourth-order valence-electron chi connectivity index (χ4n) is 1.06. The molecule has 68 valence electrons. The number of nitrogens with zero attached hydrogens (tertiary/aromatic N) is 1. The summed E-state index contributed by atoms with van der Waals surface area (Å²) >= 11 is 0. The van der Waals surface area contributed by atoms with Gasteiger partial charge in [0.2, 0.25) is 0 Å². The average molecular weight is 169 g/mol. The van der Waals surface area contributed by atoms with E-state index in [0.717, 1.165) is 6.42 Å². The van der Waals surface area contributed by atoms with E-state index < -0.39 is 0 Å². The molecule has 3 nitrogen and oxygen atoms in total. The first-order chi connectivity index (χ1) is 5.60. The molecular formula is C9H15NO2. The Kier molecular flexibility index (Phi) is 5.14. The summed E-state index contributed by atoms with van der Waals surface area (Å²) in [6.45, 7) is 7.54. The van der Waals surface area contributed by atoms with Gasteiger partial charge in [0.1, 0.15) is 5.76 Å². The fourth-order valence-corrected chi connectivity index (χ4v) is 1.06. The first-order valence-electron chi connectivity index (χ1n) is 3.99.